The fourth-order valence-corrected chi connectivity index (χ4v) is 1.95. The molecule has 0 fully saturated rings. The standard InChI is InChI=1S/C18H21NO3/c1-18(2,17(20)21-3)19-13-14-9-11-16(12-10-14)22-15-7-5-4-6-8-15/h4-12,19H,13H2,1-3H3. The van der Waals surface area contributed by atoms with E-state index in [-0.39, 0.29) is 5.97 Å². The number of hydrogen-bond acceptors (Lipinski definition) is 4. The molecule has 0 radical (unpaired) electrons. The normalized spacial score (nSPS) is 11.0. The van der Waals surface area contributed by atoms with Gasteiger partial charge in [-0.15, -0.1) is 0 Å². The van der Waals surface area contributed by atoms with Gasteiger partial charge in [0.1, 0.15) is 17.0 Å². The van der Waals surface area contributed by atoms with Crippen molar-refractivity contribution in [1.82, 2.24) is 5.32 Å². The first-order chi connectivity index (χ1) is 10.5. The maximum atomic E-state index is 11.6. The van der Waals surface area contributed by atoms with Crippen molar-refractivity contribution in [2.45, 2.75) is 25.9 Å². The highest BCUT2D eigenvalue weighted by atomic mass is 16.5. The maximum Gasteiger partial charge on any atom is 0.325 e. The molecular weight excluding hydrogens is 278 g/mol. The van der Waals surface area contributed by atoms with E-state index in [9.17, 15) is 4.79 Å². The Bertz CT molecular complexity index is 606. The summed E-state index contributed by atoms with van der Waals surface area (Å²) in [4.78, 5) is 11.6. The largest absolute Gasteiger partial charge is 0.468 e. The SMILES string of the molecule is COC(=O)C(C)(C)NCc1ccc(Oc2ccccc2)cc1. The average Bonchev–Trinajstić information content (AvgIpc) is 2.54. The minimum absolute atomic E-state index is 0.281. The van der Waals surface area contributed by atoms with Gasteiger partial charge in [-0.3, -0.25) is 10.1 Å². The Morgan fingerprint density at radius 3 is 2.18 bits per heavy atom. The number of ether oxygens (including phenoxy) is 2. The third-order valence-electron chi connectivity index (χ3n) is 3.33. The summed E-state index contributed by atoms with van der Waals surface area (Å²) in [5.41, 5.74) is 0.353. The van der Waals surface area contributed by atoms with Crippen LogP contribution < -0.4 is 10.1 Å². The highest BCUT2D eigenvalue weighted by Crippen LogP contribution is 2.21. The molecule has 0 heterocycles. The van der Waals surface area contributed by atoms with Gasteiger partial charge < -0.3 is 9.47 Å². The lowest BCUT2D eigenvalue weighted by atomic mass is 10.1. The lowest BCUT2D eigenvalue weighted by molar-refractivity contribution is -0.147. The van der Waals surface area contributed by atoms with E-state index in [4.69, 9.17) is 9.47 Å². The summed E-state index contributed by atoms with van der Waals surface area (Å²) in [5, 5.41) is 3.18. The third kappa shape index (κ3) is 4.33. The van der Waals surface area contributed by atoms with Crippen LogP contribution in [0.1, 0.15) is 19.4 Å². The van der Waals surface area contributed by atoms with Crippen molar-refractivity contribution in [2.24, 2.45) is 0 Å². The molecule has 2 rings (SSSR count). The quantitative estimate of drug-likeness (QED) is 0.829. The second-order valence-corrected chi connectivity index (χ2v) is 5.53. The smallest absolute Gasteiger partial charge is 0.325 e. The van der Waals surface area contributed by atoms with Gasteiger partial charge in [0.15, 0.2) is 0 Å². The molecular formula is C18H21NO3. The van der Waals surface area contributed by atoms with Gasteiger partial charge >= 0.3 is 5.97 Å². The molecule has 4 heteroatoms. The Morgan fingerprint density at radius 2 is 1.59 bits per heavy atom. The van der Waals surface area contributed by atoms with Crippen LogP contribution in [-0.4, -0.2) is 18.6 Å². The number of esters is 1. The van der Waals surface area contributed by atoms with Crippen LogP contribution in [0.4, 0.5) is 0 Å². The molecule has 0 unspecified atom stereocenters. The van der Waals surface area contributed by atoms with Crippen LogP contribution in [-0.2, 0) is 16.1 Å². The fraction of sp³-hybridized carbons (Fsp3) is 0.278. The minimum Gasteiger partial charge on any atom is -0.468 e. The first kappa shape index (κ1) is 16.0. The molecule has 1 N–H and O–H groups in total. The predicted octanol–water partition coefficient (Wildman–Crippen LogP) is 3.52. The van der Waals surface area contributed by atoms with Crippen molar-refractivity contribution < 1.29 is 14.3 Å². The zero-order valence-corrected chi connectivity index (χ0v) is 13.1. The zero-order valence-electron chi connectivity index (χ0n) is 13.1. The Balaban J connectivity index is 1.93. The molecule has 116 valence electrons. The molecule has 2 aromatic rings. The van der Waals surface area contributed by atoms with Crippen LogP contribution in [0.3, 0.4) is 0 Å². The van der Waals surface area contributed by atoms with Gasteiger partial charge in [-0.25, -0.2) is 0 Å². The van der Waals surface area contributed by atoms with Crippen LogP contribution >= 0.6 is 0 Å². The molecule has 0 aliphatic heterocycles. The summed E-state index contributed by atoms with van der Waals surface area (Å²) in [6.45, 7) is 4.17. The van der Waals surface area contributed by atoms with Crippen molar-refractivity contribution in [3.63, 3.8) is 0 Å². The molecule has 0 bridgehead atoms. The lowest BCUT2D eigenvalue weighted by Crippen LogP contribution is -2.46. The van der Waals surface area contributed by atoms with Crippen LogP contribution in [0.5, 0.6) is 11.5 Å². The molecule has 0 saturated carbocycles. The molecule has 2 aromatic carbocycles. The van der Waals surface area contributed by atoms with E-state index < -0.39 is 5.54 Å². The summed E-state index contributed by atoms with van der Waals surface area (Å²) < 4.78 is 10.5. The number of nitrogens with one attached hydrogen (secondary N) is 1. The maximum absolute atomic E-state index is 11.6. The highest BCUT2D eigenvalue weighted by molar-refractivity contribution is 5.79. The summed E-state index contributed by atoms with van der Waals surface area (Å²) in [6, 6.07) is 17.4. The van der Waals surface area contributed by atoms with E-state index >= 15 is 0 Å². The summed E-state index contributed by atoms with van der Waals surface area (Å²) in [7, 11) is 1.39. The number of carbonyl (C=O) groups excluding carboxylic acids is 1. The van der Waals surface area contributed by atoms with Crippen LogP contribution in [0.2, 0.25) is 0 Å². The number of para-hydroxylation sites is 1. The van der Waals surface area contributed by atoms with Gasteiger partial charge in [0.05, 0.1) is 7.11 Å². The van der Waals surface area contributed by atoms with Gasteiger partial charge in [0.2, 0.25) is 0 Å². The topological polar surface area (TPSA) is 47.6 Å². The van der Waals surface area contributed by atoms with Gasteiger partial charge in [-0.2, -0.15) is 0 Å². The molecule has 4 nitrogen and oxygen atoms in total. The monoisotopic (exact) mass is 299 g/mol. The highest BCUT2D eigenvalue weighted by Gasteiger charge is 2.27. The van der Waals surface area contributed by atoms with E-state index in [1.165, 1.54) is 7.11 Å². The van der Waals surface area contributed by atoms with Gasteiger partial charge in [0.25, 0.3) is 0 Å². The summed E-state index contributed by atoms with van der Waals surface area (Å²) in [6.07, 6.45) is 0. The van der Waals surface area contributed by atoms with E-state index in [0.29, 0.717) is 6.54 Å². The summed E-state index contributed by atoms with van der Waals surface area (Å²) in [5.74, 6) is 1.30. The van der Waals surface area contributed by atoms with Crippen molar-refractivity contribution in [3.8, 4) is 11.5 Å². The number of carbonyl (C=O) groups is 1. The van der Waals surface area contributed by atoms with Gasteiger partial charge in [-0.1, -0.05) is 30.3 Å². The van der Waals surface area contributed by atoms with Crippen molar-refractivity contribution in [2.75, 3.05) is 7.11 Å². The Labute approximate surface area is 131 Å². The Hall–Kier alpha value is -2.33. The van der Waals surface area contributed by atoms with E-state index in [1.807, 2.05) is 54.6 Å². The minimum atomic E-state index is -0.714. The lowest BCUT2D eigenvalue weighted by Gasteiger charge is -2.23. The molecule has 0 amide bonds. The van der Waals surface area contributed by atoms with Crippen molar-refractivity contribution in [3.05, 3.63) is 60.2 Å². The second-order valence-electron chi connectivity index (χ2n) is 5.53. The van der Waals surface area contributed by atoms with Gasteiger partial charge in [0, 0.05) is 6.54 Å². The molecule has 0 aliphatic rings. The second kappa shape index (κ2) is 7.09. The number of hydrogen-bond donors (Lipinski definition) is 1. The van der Waals surface area contributed by atoms with Gasteiger partial charge in [-0.05, 0) is 43.7 Å². The average molecular weight is 299 g/mol. The number of benzene rings is 2. The first-order valence-corrected chi connectivity index (χ1v) is 7.16. The van der Waals surface area contributed by atoms with E-state index in [1.54, 1.807) is 13.8 Å². The number of rotatable bonds is 6. The molecule has 0 atom stereocenters. The van der Waals surface area contributed by atoms with Crippen molar-refractivity contribution in [1.29, 1.82) is 0 Å². The third-order valence-corrected chi connectivity index (χ3v) is 3.33. The fourth-order valence-electron chi connectivity index (χ4n) is 1.95. The Kier molecular flexibility index (Phi) is 5.17. The number of methoxy groups -OCH3 is 1. The first-order valence-electron chi connectivity index (χ1n) is 7.16. The zero-order chi connectivity index (χ0) is 16.0. The van der Waals surface area contributed by atoms with E-state index in [0.717, 1.165) is 17.1 Å². The molecule has 0 aliphatic carbocycles. The van der Waals surface area contributed by atoms with E-state index in [2.05, 4.69) is 5.32 Å². The molecule has 0 aromatic heterocycles. The molecule has 0 saturated heterocycles. The Morgan fingerprint density at radius 1 is 1.00 bits per heavy atom. The van der Waals surface area contributed by atoms with Crippen LogP contribution in [0.15, 0.2) is 54.6 Å². The summed E-state index contributed by atoms with van der Waals surface area (Å²) >= 11 is 0. The molecule has 0 spiro atoms. The van der Waals surface area contributed by atoms with Crippen LogP contribution in [0.25, 0.3) is 0 Å². The molecule has 22 heavy (non-hydrogen) atoms. The van der Waals surface area contributed by atoms with Crippen molar-refractivity contribution >= 4 is 5.97 Å². The van der Waals surface area contributed by atoms with Crippen LogP contribution in [0, 0.1) is 0 Å². The predicted molar refractivity (Wildman–Crippen MR) is 85.9 cm³/mol.